The average Bonchev–Trinajstić information content (AvgIpc) is 2.55. The third-order valence-corrected chi connectivity index (χ3v) is 3.10. The summed E-state index contributed by atoms with van der Waals surface area (Å²) in [7, 11) is 0. The maximum Gasteiger partial charge on any atom is 0.351 e. The number of hydrogen-bond donors (Lipinski definition) is 1. The summed E-state index contributed by atoms with van der Waals surface area (Å²) < 4.78 is 5.28. The van der Waals surface area contributed by atoms with Crippen LogP contribution in [0.15, 0.2) is 12.5 Å². The molecule has 2 aromatic heterocycles. The van der Waals surface area contributed by atoms with Crippen molar-refractivity contribution >= 4 is 33.2 Å². The molecule has 0 aromatic carbocycles. The van der Waals surface area contributed by atoms with Crippen molar-refractivity contribution in [3.63, 3.8) is 0 Å². The summed E-state index contributed by atoms with van der Waals surface area (Å²) in [5.41, 5.74) is 5.74. The van der Waals surface area contributed by atoms with Gasteiger partial charge in [-0.2, -0.15) is 0 Å². The van der Waals surface area contributed by atoms with Gasteiger partial charge in [0.2, 0.25) is 0 Å². The smallest absolute Gasteiger partial charge is 0.351 e. The number of nitrogens with zero attached hydrogens (tertiary/aromatic N) is 2. The Kier molecular flexibility index (Phi) is 2.74. The largest absolute Gasteiger partial charge is 0.456 e. The van der Waals surface area contributed by atoms with E-state index in [0.717, 1.165) is 0 Å². The zero-order chi connectivity index (χ0) is 12.6. The molecule has 0 fully saturated rings. The fourth-order valence-electron chi connectivity index (χ4n) is 1.33. The minimum absolute atomic E-state index is 0.385. The average molecular weight is 251 g/mol. The monoisotopic (exact) mass is 251 g/mol. The second-order valence-corrected chi connectivity index (χ2v) is 5.59. The fourth-order valence-corrected chi connectivity index (χ4v) is 2.25. The Labute approximate surface area is 103 Å². The highest BCUT2D eigenvalue weighted by Gasteiger charge is 2.23. The van der Waals surface area contributed by atoms with E-state index < -0.39 is 11.6 Å². The summed E-state index contributed by atoms with van der Waals surface area (Å²) in [6.07, 6.45) is 3.03. The molecular formula is C11H13N3O2S. The number of fused-ring (bicyclic) bond motifs is 1. The number of rotatable bonds is 1. The van der Waals surface area contributed by atoms with Crippen molar-refractivity contribution in [1.82, 2.24) is 9.97 Å². The second-order valence-electron chi connectivity index (χ2n) is 4.59. The van der Waals surface area contributed by atoms with E-state index in [4.69, 9.17) is 10.5 Å². The Morgan fingerprint density at radius 2 is 2.18 bits per heavy atom. The van der Waals surface area contributed by atoms with Gasteiger partial charge in [0.25, 0.3) is 0 Å². The number of esters is 1. The highest BCUT2D eigenvalue weighted by Crippen LogP contribution is 2.32. The molecule has 6 heteroatoms. The number of anilines is 1. The summed E-state index contributed by atoms with van der Waals surface area (Å²) in [5, 5.41) is 0.693. The lowest BCUT2D eigenvalue weighted by atomic mass is 10.2. The molecule has 2 heterocycles. The minimum atomic E-state index is -0.536. The second kappa shape index (κ2) is 3.96. The van der Waals surface area contributed by atoms with E-state index in [9.17, 15) is 4.79 Å². The first-order valence-corrected chi connectivity index (χ1v) is 5.91. The summed E-state index contributed by atoms with van der Waals surface area (Å²) in [6.45, 7) is 5.44. The van der Waals surface area contributed by atoms with E-state index in [1.807, 2.05) is 20.8 Å². The molecule has 0 bridgehead atoms. The van der Waals surface area contributed by atoms with Crippen LogP contribution in [0.25, 0.3) is 10.2 Å². The van der Waals surface area contributed by atoms with Crippen molar-refractivity contribution in [3.05, 3.63) is 17.4 Å². The molecule has 90 valence electrons. The van der Waals surface area contributed by atoms with Crippen molar-refractivity contribution in [1.29, 1.82) is 0 Å². The molecule has 17 heavy (non-hydrogen) atoms. The lowest BCUT2D eigenvalue weighted by Crippen LogP contribution is -2.23. The molecule has 0 atom stereocenters. The fraction of sp³-hybridized carbons (Fsp3) is 0.364. The van der Waals surface area contributed by atoms with Gasteiger partial charge in [-0.05, 0) is 20.8 Å². The predicted octanol–water partition coefficient (Wildman–Crippen LogP) is 2.23. The molecule has 0 aliphatic rings. The van der Waals surface area contributed by atoms with E-state index in [0.29, 0.717) is 20.8 Å². The molecule has 0 amide bonds. The molecule has 2 aromatic rings. The van der Waals surface area contributed by atoms with Crippen LogP contribution in [0.5, 0.6) is 0 Å². The molecule has 0 spiro atoms. The van der Waals surface area contributed by atoms with Crippen LogP contribution in [0.1, 0.15) is 30.4 Å². The van der Waals surface area contributed by atoms with Gasteiger partial charge < -0.3 is 10.5 Å². The van der Waals surface area contributed by atoms with Gasteiger partial charge in [-0.25, -0.2) is 14.8 Å². The number of hydrogen-bond acceptors (Lipinski definition) is 6. The van der Waals surface area contributed by atoms with Crippen molar-refractivity contribution < 1.29 is 9.53 Å². The Morgan fingerprint density at radius 3 is 2.76 bits per heavy atom. The maximum atomic E-state index is 11.9. The number of nitrogen functional groups attached to an aromatic ring is 1. The molecule has 2 N–H and O–H groups in total. The molecule has 0 radical (unpaired) electrons. The molecular weight excluding hydrogens is 238 g/mol. The summed E-state index contributed by atoms with van der Waals surface area (Å²) in [5.74, 6) is -0.419. The highest BCUT2D eigenvalue weighted by molar-refractivity contribution is 7.21. The van der Waals surface area contributed by atoms with E-state index in [1.165, 1.54) is 17.7 Å². The van der Waals surface area contributed by atoms with Crippen LogP contribution in [0.3, 0.4) is 0 Å². The standard InChI is InChI=1S/C11H13N3O2S/c1-11(2,3)16-10(15)8-7(12)6-4-13-5-14-9(6)17-8/h4-5H,12H2,1-3H3. The summed E-state index contributed by atoms with van der Waals surface area (Å²) >= 11 is 1.22. The normalized spacial score (nSPS) is 11.7. The molecule has 5 nitrogen and oxygen atoms in total. The predicted molar refractivity (Wildman–Crippen MR) is 67.0 cm³/mol. The van der Waals surface area contributed by atoms with Gasteiger partial charge in [-0.1, -0.05) is 0 Å². The van der Waals surface area contributed by atoms with E-state index in [2.05, 4.69) is 9.97 Å². The van der Waals surface area contributed by atoms with Crippen LogP contribution in [-0.2, 0) is 4.74 Å². The number of carbonyl (C=O) groups excluding carboxylic acids is 1. The van der Waals surface area contributed by atoms with Crippen LogP contribution in [0.2, 0.25) is 0 Å². The van der Waals surface area contributed by atoms with Gasteiger partial charge in [0, 0.05) is 6.20 Å². The SMILES string of the molecule is CC(C)(C)OC(=O)c1sc2ncncc2c1N. The molecule has 0 aliphatic carbocycles. The van der Waals surface area contributed by atoms with Gasteiger partial charge in [0.1, 0.15) is 21.6 Å². The van der Waals surface area contributed by atoms with Crippen molar-refractivity contribution in [2.45, 2.75) is 26.4 Å². The maximum absolute atomic E-state index is 11.9. The Bertz CT molecular complexity index is 572. The lowest BCUT2D eigenvalue weighted by molar-refractivity contribution is 0.00765. The Morgan fingerprint density at radius 1 is 1.47 bits per heavy atom. The van der Waals surface area contributed by atoms with Crippen LogP contribution in [0.4, 0.5) is 5.69 Å². The molecule has 2 rings (SSSR count). The first kappa shape index (κ1) is 11.8. The molecule has 0 saturated carbocycles. The van der Waals surface area contributed by atoms with Crippen LogP contribution < -0.4 is 5.73 Å². The number of thiophene rings is 1. The molecule has 0 aliphatic heterocycles. The van der Waals surface area contributed by atoms with E-state index >= 15 is 0 Å². The third-order valence-electron chi connectivity index (χ3n) is 1.99. The van der Waals surface area contributed by atoms with Gasteiger partial charge in [-0.3, -0.25) is 0 Å². The van der Waals surface area contributed by atoms with Crippen LogP contribution in [0, 0.1) is 0 Å². The van der Waals surface area contributed by atoms with E-state index in [-0.39, 0.29) is 0 Å². The lowest BCUT2D eigenvalue weighted by Gasteiger charge is -2.18. The number of aromatic nitrogens is 2. The summed E-state index contributed by atoms with van der Waals surface area (Å²) in [4.78, 5) is 20.9. The van der Waals surface area contributed by atoms with E-state index in [1.54, 1.807) is 6.20 Å². The van der Waals surface area contributed by atoms with Gasteiger partial charge in [-0.15, -0.1) is 11.3 Å². The Balaban J connectivity index is 2.43. The van der Waals surface area contributed by atoms with Crippen LogP contribution >= 0.6 is 11.3 Å². The van der Waals surface area contributed by atoms with Crippen LogP contribution in [-0.4, -0.2) is 21.5 Å². The number of nitrogens with two attached hydrogens (primary N) is 1. The first-order chi connectivity index (χ1) is 7.88. The molecule has 0 unspecified atom stereocenters. The van der Waals surface area contributed by atoms with Crippen molar-refractivity contribution in [2.75, 3.05) is 5.73 Å². The van der Waals surface area contributed by atoms with Gasteiger partial charge in [0.15, 0.2) is 0 Å². The van der Waals surface area contributed by atoms with Crippen molar-refractivity contribution in [2.24, 2.45) is 0 Å². The first-order valence-electron chi connectivity index (χ1n) is 5.10. The quantitative estimate of drug-likeness (QED) is 0.786. The van der Waals surface area contributed by atoms with Crippen molar-refractivity contribution in [3.8, 4) is 0 Å². The zero-order valence-electron chi connectivity index (χ0n) is 9.85. The zero-order valence-corrected chi connectivity index (χ0v) is 10.7. The topological polar surface area (TPSA) is 78.1 Å². The highest BCUT2D eigenvalue weighted by atomic mass is 32.1. The molecule has 0 saturated heterocycles. The van der Waals surface area contributed by atoms with Gasteiger partial charge >= 0.3 is 5.97 Å². The number of ether oxygens (including phenoxy) is 1. The minimum Gasteiger partial charge on any atom is -0.456 e. The Hall–Kier alpha value is -1.69. The summed E-state index contributed by atoms with van der Waals surface area (Å²) in [6, 6.07) is 0. The third kappa shape index (κ3) is 2.36. The number of carbonyl (C=O) groups is 1. The van der Waals surface area contributed by atoms with Gasteiger partial charge in [0.05, 0.1) is 11.1 Å².